The molecule has 14 nitrogen and oxygen atoms in total. The zero-order chi connectivity index (χ0) is 38.7. The molecule has 2 fully saturated rings. The second-order valence-electron chi connectivity index (χ2n) is 13.1. The lowest BCUT2D eigenvalue weighted by Gasteiger charge is -2.32. The number of hydrogen-bond acceptors (Lipinski definition) is 10. The van der Waals surface area contributed by atoms with Gasteiger partial charge in [0, 0.05) is 74.9 Å². The van der Waals surface area contributed by atoms with Crippen molar-refractivity contribution in [3.05, 3.63) is 79.9 Å². The molecule has 52 heavy (non-hydrogen) atoms. The van der Waals surface area contributed by atoms with Crippen molar-refractivity contribution in [1.82, 2.24) is 9.80 Å². The highest BCUT2D eigenvalue weighted by molar-refractivity contribution is 6.61. The first-order valence-corrected chi connectivity index (χ1v) is 17.0. The van der Waals surface area contributed by atoms with Crippen LogP contribution in [0.3, 0.4) is 0 Å². The van der Waals surface area contributed by atoms with Crippen LogP contribution in [0.1, 0.15) is 70.4 Å². The van der Waals surface area contributed by atoms with Gasteiger partial charge in [0.2, 0.25) is 0 Å². The number of piperidine rings is 2. The number of likely N-dealkylation sites (tertiary alicyclic amines) is 2. The van der Waals surface area contributed by atoms with Crippen molar-refractivity contribution in [2.75, 3.05) is 26.2 Å². The molecule has 2 heterocycles. The molecule has 0 spiro atoms. The molecule has 0 aliphatic carbocycles. The number of hydrogen-bond donors (Lipinski definition) is 0. The van der Waals surface area contributed by atoms with Crippen LogP contribution >= 0.6 is 11.6 Å². The minimum Gasteiger partial charge on any atom is -0.449 e. The van der Waals surface area contributed by atoms with E-state index in [1.165, 1.54) is 36.4 Å². The number of benzene rings is 2. The van der Waals surface area contributed by atoms with E-state index in [2.05, 4.69) is 16.6 Å². The van der Waals surface area contributed by atoms with E-state index >= 15 is 0 Å². The van der Waals surface area contributed by atoms with Crippen molar-refractivity contribution < 1.29 is 38.4 Å². The van der Waals surface area contributed by atoms with Crippen molar-refractivity contribution >= 4 is 40.6 Å². The summed E-state index contributed by atoms with van der Waals surface area (Å²) in [5.74, 6) is 6.41. The topological polar surface area (TPSA) is 172 Å². The van der Waals surface area contributed by atoms with Crippen LogP contribution < -0.4 is 0 Å². The molecule has 0 N–H and O–H groups in total. The molecule has 2 aromatic rings. The van der Waals surface area contributed by atoms with E-state index in [1.54, 1.807) is 21.9 Å². The van der Waals surface area contributed by atoms with E-state index in [4.69, 9.17) is 33.9 Å². The van der Waals surface area contributed by atoms with Gasteiger partial charge in [0.05, 0.1) is 9.85 Å². The quantitative estimate of drug-likeness (QED) is 0.0846. The van der Waals surface area contributed by atoms with Gasteiger partial charge in [-0.05, 0) is 93.7 Å². The summed E-state index contributed by atoms with van der Waals surface area (Å²) >= 11 is 4.94. The van der Waals surface area contributed by atoms with Gasteiger partial charge < -0.3 is 24.0 Å². The number of carbonyl (C=O) groups is 3. The van der Waals surface area contributed by atoms with Gasteiger partial charge in [0.25, 0.3) is 11.4 Å². The lowest BCUT2D eigenvalue weighted by atomic mass is 9.94. The monoisotopic (exact) mass is 740 g/mol. The van der Waals surface area contributed by atoms with Gasteiger partial charge in [-0.2, -0.15) is 0 Å². The third-order valence-electron chi connectivity index (χ3n) is 7.96. The molecule has 15 heteroatoms. The van der Waals surface area contributed by atoms with Crippen molar-refractivity contribution in [2.45, 2.75) is 78.1 Å². The standard InChI is InChI=1S/C16H18N2O4.C13H21NO2.C8H6ClNO4/c1-2-3-13-8-10-17(11-9-13)16(19)22-12-14-4-6-15(7-5-14)18(20)21;1-5-6-11-7-9-14(10-8-11)12(15)16-13(2,3)4;9-8(11)14-5-6-1-3-7(4-2-6)10(12)13/h1,4-7,13H,3,8-12H2;1,11H,6-10H2,2-4H3;1-4H,5H2. The van der Waals surface area contributed by atoms with Gasteiger partial charge in [-0.3, -0.25) is 20.2 Å². The highest BCUT2D eigenvalue weighted by Crippen LogP contribution is 2.22. The lowest BCUT2D eigenvalue weighted by Crippen LogP contribution is -2.41. The maximum atomic E-state index is 12.0. The molecular formula is C37H45ClN4O10. The van der Waals surface area contributed by atoms with Crippen LogP contribution in [0.25, 0.3) is 0 Å². The molecule has 2 aliphatic heterocycles. The van der Waals surface area contributed by atoms with Crippen LogP contribution in [0.4, 0.5) is 25.8 Å². The smallest absolute Gasteiger partial charge is 0.410 e. The number of nitro benzene ring substituents is 2. The number of nitro groups is 2. The first-order valence-electron chi connectivity index (χ1n) is 16.7. The highest BCUT2D eigenvalue weighted by atomic mass is 35.5. The van der Waals surface area contributed by atoms with Crippen LogP contribution in [0.15, 0.2) is 48.5 Å². The molecule has 0 saturated carbocycles. The first-order chi connectivity index (χ1) is 24.6. The van der Waals surface area contributed by atoms with E-state index in [1.807, 2.05) is 20.8 Å². The SMILES string of the molecule is C#CCC1CCN(C(=O)OC(C)(C)C)CC1.C#CCC1CCN(C(=O)OCc2ccc([N+](=O)[O-])cc2)CC1.O=C(Cl)OCc1ccc([N+](=O)[O-])cc1. The Morgan fingerprint density at radius 3 is 1.42 bits per heavy atom. The number of ether oxygens (including phenoxy) is 3. The number of halogens is 1. The molecule has 0 aromatic heterocycles. The summed E-state index contributed by atoms with van der Waals surface area (Å²) < 4.78 is 15.0. The van der Waals surface area contributed by atoms with E-state index in [9.17, 15) is 34.6 Å². The summed E-state index contributed by atoms with van der Waals surface area (Å²) in [5, 5.41) is 20.8. The van der Waals surface area contributed by atoms with Gasteiger partial charge in [0.1, 0.15) is 18.8 Å². The van der Waals surface area contributed by atoms with Gasteiger partial charge in [0.15, 0.2) is 0 Å². The van der Waals surface area contributed by atoms with Gasteiger partial charge in [-0.25, -0.2) is 14.4 Å². The molecular weight excluding hydrogens is 696 g/mol. The highest BCUT2D eigenvalue weighted by Gasteiger charge is 2.26. The third-order valence-corrected chi connectivity index (χ3v) is 8.07. The molecule has 0 bridgehead atoms. The Labute approximate surface area is 309 Å². The number of carbonyl (C=O) groups excluding carboxylic acids is 3. The predicted octanol–water partition coefficient (Wildman–Crippen LogP) is 8.09. The van der Waals surface area contributed by atoms with Crippen LogP contribution in [-0.4, -0.2) is 69.0 Å². The second-order valence-corrected chi connectivity index (χ2v) is 13.4. The Balaban J connectivity index is 0.000000279. The van der Waals surface area contributed by atoms with E-state index < -0.39 is 20.9 Å². The Bertz CT molecular complexity index is 1560. The zero-order valence-corrected chi connectivity index (χ0v) is 30.4. The van der Waals surface area contributed by atoms with E-state index in [-0.39, 0.29) is 36.8 Å². The molecule has 2 aromatic carbocycles. The van der Waals surface area contributed by atoms with Crippen molar-refractivity contribution in [3.8, 4) is 24.7 Å². The van der Waals surface area contributed by atoms with Crippen LogP contribution in [0, 0.1) is 56.8 Å². The van der Waals surface area contributed by atoms with Crippen molar-refractivity contribution in [3.63, 3.8) is 0 Å². The zero-order valence-electron chi connectivity index (χ0n) is 29.7. The fourth-order valence-corrected chi connectivity index (χ4v) is 5.16. The van der Waals surface area contributed by atoms with Crippen LogP contribution in [0.5, 0.6) is 0 Å². The number of terminal acetylenes is 2. The Kier molecular flexibility index (Phi) is 17.9. The molecule has 0 unspecified atom stereocenters. The lowest BCUT2D eigenvalue weighted by molar-refractivity contribution is -0.385. The minimum absolute atomic E-state index is 0.00838. The first kappa shape index (κ1) is 42.8. The number of nitrogens with zero attached hydrogens (tertiary/aromatic N) is 4. The van der Waals surface area contributed by atoms with E-state index in [0.29, 0.717) is 30.5 Å². The summed E-state index contributed by atoms with van der Waals surface area (Å²) in [6, 6.07) is 11.6. The molecule has 2 amide bonds. The number of non-ortho nitro benzene ring substituents is 2. The Hall–Kier alpha value is -5.34. The third kappa shape index (κ3) is 16.6. The number of amides is 2. The van der Waals surface area contributed by atoms with Crippen molar-refractivity contribution in [1.29, 1.82) is 0 Å². The van der Waals surface area contributed by atoms with Crippen molar-refractivity contribution in [2.24, 2.45) is 11.8 Å². The molecule has 0 radical (unpaired) electrons. The average Bonchev–Trinajstić information content (AvgIpc) is 3.11. The molecule has 280 valence electrons. The van der Waals surface area contributed by atoms with E-state index in [0.717, 1.165) is 57.2 Å². The van der Waals surface area contributed by atoms with Gasteiger partial charge in [-0.15, -0.1) is 24.7 Å². The minimum atomic E-state index is -0.900. The average molecular weight is 741 g/mol. The maximum absolute atomic E-state index is 12.0. The fraction of sp³-hybridized carbons (Fsp3) is 0.486. The summed E-state index contributed by atoms with van der Waals surface area (Å²) in [6.45, 7) is 8.63. The predicted molar refractivity (Wildman–Crippen MR) is 194 cm³/mol. The molecule has 2 aliphatic rings. The second kappa shape index (κ2) is 21.8. The molecule has 2 saturated heterocycles. The Morgan fingerprint density at radius 2 is 1.10 bits per heavy atom. The van der Waals surface area contributed by atoms with Gasteiger partial charge >= 0.3 is 17.6 Å². The van der Waals surface area contributed by atoms with Crippen LogP contribution in [0.2, 0.25) is 0 Å². The fourth-order valence-electron chi connectivity index (χ4n) is 5.10. The summed E-state index contributed by atoms with van der Waals surface area (Å²) in [7, 11) is 0. The van der Waals surface area contributed by atoms with Gasteiger partial charge in [-0.1, -0.05) is 0 Å². The Morgan fingerprint density at radius 1 is 0.731 bits per heavy atom. The van der Waals surface area contributed by atoms with Crippen LogP contribution in [-0.2, 0) is 27.4 Å². The summed E-state index contributed by atoms with van der Waals surface area (Å²) in [4.78, 5) is 57.3. The maximum Gasteiger partial charge on any atom is 0.410 e. The number of rotatable bonds is 8. The molecule has 0 atom stereocenters. The summed E-state index contributed by atoms with van der Waals surface area (Å²) in [5.41, 5.74) is 0.0676. The largest absolute Gasteiger partial charge is 0.449 e. The molecule has 4 rings (SSSR count). The summed E-state index contributed by atoms with van der Waals surface area (Å²) in [6.07, 6.45) is 15.4. The normalized spacial score (nSPS) is 14.5.